The maximum absolute atomic E-state index is 11.4. The number of pyridine rings is 1. The number of hydrogen-bond acceptors (Lipinski definition) is 4. The fourth-order valence-electron chi connectivity index (χ4n) is 1.09. The van der Waals surface area contributed by atoms with Gasteiger partial charge < -0.3 is 10.5 Å². The Morgan fingerprint density at radius 3 is 2.76 bits per heavy atom. The van der Waals surface area contributed by atoms with Crippen LogP contribution in [0.25, 0.3) is 6.08 Å². The Bertz CT molecular complexity index is 450. The molecule has 0 spiro atoms. The van der Waals surface area contributed by atoms with Crippen LogP contribution in [0.4, 0.5) is 5.82 Å². The number of rotatable bonds is 2. The molecule has 1 rings (SSSR count). The van der Waals surface area contributed by atoms with E-state index in [1.807, 2.05) is 0 Å². The molecule has 0 saturated heterocycles. The lowest BCUT2D eigenvalue weighted by molar-refractivity contribution is -0.148. The third kappa shape index (κ3) is 4.87. The summed E-state index contributed by atoms with van der Waals surface area (Å²) in [6, 6.07) is 1.63. The van der Waals surface area contributed by atoms with E-state index in [1.54, 1.807) is 26.8 Å². The number of nitrogens with zero attached hydrogens (tertiary/aromatic N) is 1. The monoisotopic (exact) mass is 254 g/mol. The van der Waals surface area contributed by atoms with Gasteiger partial charge in [0, 0.05) is 17.8 Å². The molecule has 0 aromatic carbocycles. The number of aromatic nitrogens is 1. The van der Waals surface area contributed by atoms with E-state index < -0.39 is 11.6 Å². The van der Waals surface area contributed by atoms with Crippen molar-refractivity contribution in [3.63, 3.8) is 0 Å². The van der Waals surface area contributed by atoms with Gasteiger partial charge in [-0.3, -0.25) is 0 Å². The molecular formula is C12H15ClN2O2. The molecule has 17 heavy (non-hydrogen) atoms. The second kappa shape index (κ2) is 5.19. The largest absolute Gasteiger partial charge is 0.457 e. The lowest BCUT2D eigenvalue weighted by Crippen LogP contribution is -2.22. The van der Waals surface area contributed by atoms with Gasteiger partial charge in [0.25, 0.3) is 0 Å². The van der Waals surface area contributed by atoms with Gasteiger partial charge in [0.1, 0.15) is 11.4 Å². The Hall–Kier alpha value is -1.55. The van der Waals surface area contributed by atoms with Gasteiger partial charge in [0.2, 0.25) is 0 Å². The fourth-order valence-corrected chi connectivity index (χ4v) is 1.26. The Balaban J connectivity index is 2.77. The summed E-state index contributed by atoms with van der Waals surface area (Å²) in [4.78, 5) is 15.3. The molecular weight excluding hydrogens is 240 g/mol. The molecule has 0 atom stereocenters. The van der Waals surface area contributed by atoms with Crippen LogP contribution in [0.1, 0.15) is 26.3 Å². The molecule has 0 radical (unpaired) electrons. The van der Waals surface area contributed by atoms with Crippen molar-refractivity contribution in [2.75, 3.05) is 5.73 Å². The van der Waals surface area contributed by atoms with E-state index >= 15 is 0 Å². The van der Waals surface area contributed by atoms with E-state index in [1.165, 1.54) is 18.3 Å². The van der Waals surface area contributed by atoms with Gasteiger partial charge in [0.05, 0.1) is 5.02 Å². The minimum atomic E-state index is -0.514. The number of ether oxygens (including phenoxy) is 1. The highest BCUT2D eigenvalue weighted by molar-refractivity contribution is 6.30. The molecule has 0 fully saturated rings. The van der Waals surface area contributed by atoms with E-state index in [4.69, 9.17) is 22.1 Å². The zero-order chi connectivity index (χ0) is 13.1. The van der Waals surface area contributed by atoms with E-state index in [-0.39, 0.29) is 0 Å². The van der Waals surface area contributed by atoms with Crippen molar-refractivity contribution in [3.05, 3.63) is 28.9 Å². The summed E-state index contributed by atoms with van der Waals surface area (Å²) in [5.74, 6) is -0.119. The lowest BCUT2D eigenvalue weighted by atomic mass is 10.2. The Morgan fingerprint density at radius 2 is 2.18 bits per heavy atom. The van der Waals surface area contributed by atoms with Crippen molar-refractivity contribution in [1.29, 1.82) is 0 Å². The van der Waals surface area contributed by atoms with Gasteiger partial charge in [-0.05, 0) is 32.9 Å². The van der Waals surface area contributed by atoms with Gasteiger partial charge in [-0.2, -0.15) is 0 Å². The van der Waals surface area contributed by atoms with Gasteiger partial charge >= 0.3 is 5.97 Å². The predicted octanol–water partition coefficient (Wildman–Crippen LogP) is 2.67. The number of esters is 1. The number of hydrogen-bond donors (Lipinski definition) is 1. The molecule has 0 saturated carbocycles. The third-order valence-corrected chi connectivity index (χ3v) is 1.93. The molecule has 0 unspecified atom stereocenters. The summed E-state index contributed by atoms with van der Waals surface area (Å²) in [5.41, 5.74) is 5.70. The quantitative estimate of drug-likeness (QED) is 0.651. The van der Waals surface area contributed by atoms with E-state index in [2.05, 4.69) is 4.98 Å². The zero-order valence-electron chi connectivity index (χ0n) is 10.0. The number of carbonyl (C=O) groups excluding carboxylic acids is 1. The van der Waals surface area contributed by atoms with Crippen LogP contribution in [0, 0.1) is 0 Å². The first-order valence-corrected chi connectivity index (χ1v) is 5.48. The highest BCUT2D eigenvalue weighted by atomic mass is 35.5. The maximum atomic E-state index is 11.4. The minimum absolute atomic E-state index is 0.314. The highest BCUT2D eigenvalue weighted by Gasteiger charge is 2.13. The van der Waals surface area contributed by atoms with Crippen LogP contribution < -0.4 is 5.73 Å². The molecule has 0 aliphatic heterocycles. The molecule has 0 aliphatic carbocycles. The van der Waals surface area contributed by atoms with Crippen LogP contribution in [0.2, 0.25) is 5.02 Å². The van der Waals surface area contributed by atoms with Crippen LogP contribution >= 0.6 is 11.6 Å². The van der Waals surface area contributed by atoms with Gasteiger partial charge in [-0.25, -0.2) is 9.78 Å². The maximum Gasteiger partial charge on any atom is 0.331 e. The van der Waals surface area contributed by atoms with Gasteiger partial charge in [-0.1, -0.05) is 11.6 Å². The Kier molecular flexibility index (Phi) is 4.12. The van der Waals surface area contributed by atoms with E-state index in [0.717, 1.165) is 0 Å². The molecule has 1 aromatic rings. The van der Waals surface area contributed by atoms with Crippen LogP contribution in [-0.4, -0.2) is 16.6 Å². The minimum Gasteiger partial charge on any atom is -0.457 e. The molecule has 92 valence electrons. The zero-order valence-corrected chi connectivity index (χ0v) is 10.8. The van der Waals surface area contributed by atoms with Crippen molar-refractivity contribution < 1.29 is 9.53 Å². The smallest absolute Gasteiger partial charge is 0.331 e. The molecule has 5 heteroatoms. The summed E-state index contributed by atoms with van der Waals surface area (Å²) in [5, 5.41) is 0.461. The van der Waals surface area contributed by atoms with Crippen LogP contribution in [0.15, 0.2) is 18.3 Å². The number of nitrogens with two attached hydrogens (primary N) is 1. The summed E-state index contributed by atoms with van der Waals surface area (Å²) in [7, 11) is 0. The normalized spacial score (nSPS) is 11.8. The first-order valence-electron chi connectivity index (χ1n) is 5.10. The fraction of sp³-hybridized carbons (Fsp3) is 0.333. The van der Waals surface area contributed by atoms with Crippen molar-refractivity contribution in [2.45, 2.75) is 26.4 Å². The third-order valence-electron chi connectivity index (χ3n) is 1.72. The SMILES string of the molecule is CC(C)(C)OC(=O)C=Cc1cc(Cl)cnc1N. The Morgan fingerprint density at radius 1 is 1.53 bits per heavy atom. The van der Waals surface area contributed by atoms with Crippen molar-refractivity contribution in [1.82, 2.24) is 4.98 Å². The highest BCUT2D eigenvalue weighted by Crippen LogP contribution is 2.16. The summed E-state index contributed by atoms with van der Waals surface area (Å²) < 4.78 is 5.11. The second-order valence-corrected chi connectivity index (χ2v) is 4.93. The molecule has 0 amide bonds. The van der Waals surface area contributed by atoms with Crippen LogP contribution in [-0.2, 0) is 9.53 Å². The summed E-state index contributed by atoms with van der Waals surface area (Å²) >= 11 is 5.77. The average molecular weight is 255 g/mol. The topological polar surface area (TPSA) is 65.2 Å². The summed E-state index contributed by atoms with van der Waals surface area (Å²) in [6.45, 7) is 5.40. The van der Waals surface area contributed by atoms with Crippen molar-refractivity contribution >= 4 is 29.5 Å². The van der Waals surface area contributed by atoms with Gasteiger partial charge in [-0.15, -0.1) is 0 Å². The standard InChI is InChI=1S/C12H15ClN2O2/c1-12(2,3)17-10(16)5-4-8-6-9(13)7-15-11(8)14/h4-7H,1-3H3,(H2,14,15). The summed E-state index contributed by atoms with van der Waals surface area (Å²) in [6.07, 6.45) is 4.28. The molecule has 4 nitrogen and oxygen atoms in total. The first-order chi connectivity index (χ1) is 7.78. The number of anilines is 1. The lowest BCUT2D eigenvalue weighted by Gasteiger charge is -2.17. The van der Waals surface area contributed by atoms with E-state index in [9.17, 15) is 4.79 Å². The van der Waals surface area contributed by atoms with Crippen LogP contribution in [0.5, 0.6) is 0 Å². The van der Waals surface area contributed by atoms with Gasteiger partial charge in [0.15, 0.2) is 0 Å². The Labute approximate surface area is 105 Å². The van der Waals surface area contributed by atoms with Crippen molar-refractivity contribution in [2.24, 2.45) is 0 Å². The predicted molar refractivity (Wildman–Crippen MR) is 68.5 cm³/mol. The molecule has 1 heterocycles. The van der Waals surface area contributed by atoms with Crippen LogP contribution in [0.3, 0.4) is 0 Å². The van der Waals surface area contributed by atoms with Crippen molar-refractivity contribution in [3.8, 4) is 0 Å². The average Bonchev–Trinajstić information content (AvgIpc) is 2.17. The number of nitrogen functional groups attached to an aromatic ring is 1. The molecule has 0 aliphatic rings. The molecule has 2 N–H and O–H groups in total. The number of carbonyl (C=O) groups is 1. The molecule has 0 bridgehead atoms. The van der Waals surface area contributed by atoms with E-state index in [0.29, 0.717) is 16.4 Å². The first kappa shape index (κ1) is 13.5. The number of halogens is 1. The molecule has 1 aromatic heterocycles. The second-order valence-electron chi connectivity index (χ2n) is 4.49.